The number of para-hydroxylation sites is 1. The van der Waals surface area contributed by atoms with Crippen LogP contribution < -0.4 is 10.2 Å². The molecule has 10 heteroatoms. The Labute approximate surface area is 185 Å². The van der Waals surface area contributed by atoms with Crippen LogP contribution in [0.2, 0.25) is 0 Å². The fourth-order valence-corrected chi connectivity index (χ4v) is 6.32. The maximum atomic E-state index is 14.3. The summed E-state index contributed by atoms with van der Waals surface area (Å²) in [7, 11) is 0. The number of halogens is 4. The number of nitrogens with zero attached hydrogens (tertiary/aromatic N) is 2. The molecule has 170 valence electrons. The molecular weight excluding hydrogens is 442 g/mol. The summed E-state index contributed by atoms with van der Waals surface area (Å²) >= 11 is 0. The average Bonchev–Trinajstić information content (AvgIpc) is 3.46. The number of nitrogens with one attached hydrogen (secondary N) is 1. The van der Waals surface area contributed by atoms with Crippen molar-refractivity contribution < 1.29 is 31.9 Å². The molecule has 4 heterocycles. The molecule has 0 unspecified atom stereocenters. The first kappa shape index (κ1) is 20.3. The van der Waals surface area contributed by atoms with Crippen molar-refractivity contribution in [1.82, 2.24) is 4.90 Å². The van der Waals surface area contributed by atoms with Gasteiger partial charge >= 0.3 is 6.18 Å². The molecule has 1 spiro atoms. The molecule has 33 heavy (non-hydrogen) atoms. The standard InChI is InChI=1S/C23H17F4N3O3/c24-11-7-8-14-13(10-11)22(21(33)28-14)18-17(16-6-3-9-29(16)22)19(31)30(20(18)32)15-5-2-1-4-12(15)23(25,26)27/h1-2,4-5,7-8,10,16-18H,3,6,9H2,(H,28,33)/t16-,17-,18-,22+/m0/s1. The number of benzene rings is 2. The molecule has 6 nitrogen and oxygen atoms in total. The lowest BCUT2D eigenvalue weighted by Crippen LogP contribution is -2.54. The normalized spacial score (nSPS) is 30.7. The smallest absolute Gasteiger partial charge is 0.324 e. The molecule has 3 saturated heterocycles. The second-order valence-electron chi connectivity index (χ2n) is 8.84. The van der Waals surface area contributed by atoms with Crippen LogP contribution in [0, 0.1) is 17.7 Å². The molecule has 4 aliphatic rings. The zero-order chi connectivity index (χ0) is 23.3. The predicted octanol–water partition coefficient (Wildman–Crippen LogP) is 3.28. The van der Waals surface area contributed by atoms with Gasteiger partial charge in [0.25, 0.3) is 0 Å². The van der Waals surface area contributed by atoms with Gasteiger partial charge in [0.15, 0.2) is 0 Å². The molecule has 6 rings (SSSR count). The van der Waals surface area contributed by atoms with E-state index in [4.69, 9.17) is 0 Å². The molecule has 0 saturated carbocycles. The van der Waals surface area contributed by atoms with Crippen molar-refractivity contribution in [3.63, 3.8) is 0 Å². The van der Waals surface area contributed by atoms with Crippen LogP contribution in [0.15, 0.2) is 42.5 Å². The van der Waals surface area contributed by atoms with Crippen molar-refractivity contribution in [3.8, 4) is 0 Å². The van der Waals surface area contributed by atoms with Gasteiger partial charge in [-0.1, -0.05) is 12.1 Å². The number of carbonyl (C=O) groups is 3. The summed E-state index contributed by atoms with van der Waals surface area (Å²) in [6.07, 6.45) is -3.63. The number of hydrogen-bond donors (Lipinski definition) is 1. The van der Waals surface area contributed by atoms with Gasteiger partial charge in [0.2, 0.25) is 17.7 Å². The Morgan fingerprint density at radius 2 is 1.79 bits per heavy atom. The number of hydrogen-bond acceptors (Lipinski definition) is 4. The second kappa shape index (κ2) is 6.40. The molecular formula is C23H17F4N3O3. The minimum Gasteiger partial charge on any atom is -0.324 e. The van der Waals surface area contributed by atoms with E-state index in [0.717, 1.165) is 12.1 Å². The first-order valence-corrected chi connectivity index (χ1v) is 10.6. The van der Waals surface area contributed by atoms with Crippen LogP contribution in [0.3, 0.4) is 0 Å². The van der Waals surface area contributed by atoms with Crippen molar-refractivity contribution in [2.24, 2.45) is 11.8 Å². The van der Waals surface area contributed by atoms with Gasteiger partial charge in [-0.05, 0) is 49.7 Å². The van der Waals surface area contributed by atoms with Crippen molar-refractivity contribution in [3.05, 3.63) is 59.4 Å². The monoisotopic (exact) mass is 459 g/mol. The first-order valence-electron chi connectivity index (χ1n) is 10.6. The Morgan fingerprint density at radius 3 is 2.55 bits per heavy atom. The van der Waals surface area contributed by atoms with E-state index in [0.29, 0.717) is 30.0 Å². The summed E-state index contributed by atoms with van der Waals surface area (Å²) in [5.41, 5.74) is -2.71. The third-order valence-corrected chi connectivity index (χ3v) is 7.40. The van der Waals surface area contributed by atoms with E-state index in [1.54, 1.807) is 4.90 Å². The summed E-state index contributed by atoms with van der Waals surface area (Å²) in [6.45, 7) is 0.417. The van der Waals surface area contributed by atoms with E-state index < -0.39 is 64.4 Å². The van der Waals surface area contributed by atoms with E-state index in [9.17, 15) is 31.9 Å². The number of rotatable bonds is 1. The minimum absolute atomic E-state index is 0.249. The molecule has 2 aromatic carbocycles. The highest BCUT2D eigenvalue weighted by Gasteiger charge is 2.74. The number of carbonyl (C=O) groups excluding carboxylic acids is 3. The Balaban J connectivity index is 1.56. The third-order valence-electron chi connectivity index (χ3n) is 7.40. The second-order valence-corrected chi connectivity index (χ2v) is 8.84. The number of alkyl halides is 3. The van der Waals surface area contributed by atoms with Gasteiger partial charge < -0.3 is 5.32 Å². The fraction of sp³-hybridized carbons (Fsp3) is 0.348. The van der Waals surface area contributed by atoms with Crippen molar-refractivity contribution in [1.29, 1.82) is 0 Å². The number of imide groups is 1. The Hall–Kier alpha value is -3.27. The van der Waals surface area contributed by atoms with Crippen LogP contribution in [0.5, 0.6) is 0 Å². The Morgan fingerprint density at radius 1 is 1.03 bits per heavy atom. The van der Waals surface area contributed by atoms with Crippen LogP contribution in [-0.2, 0) is 26.1 Å². The lowest BCUT2D eigenvalue weighted by atomic mass is 9.75. The quantitative estimate of drug-likeness (QED) is 0.525. The molecule has 3 amide bonds. The summed E-state index contributed by atoms with van der Waals surface area (Å²) in [5, 5.41) is 2.70. The number of amides is 3. The van der Waals surface area contributed by atoms with Gasteiger partial charge in [-0.3, -0.25) is 19.3 Å². The number of fused-ring (bicyclic) bond motifs is 7. The molecule has 0 aliphatic carbocycles. The van der Waals surface area contributed by atoms with Crippen LogP contribution in [0.25, 0.3) is 0 Å². The molecule has 4 atom stereocenters. The van der Waals surface area contributed by atoms with Crippen molar-refractivity contribution in [2.45, 2.75) is 30.6 Å². The highest BCUT2D eigenvalue weighted by atomic mass is 19.4. The maximum Gasteiger partial charge on any atom is 0.418 e. The highest BCUT2D eigenvalue weighted by molar-refractivity contribution is 6.26. The lowest BCUT2D eigenvalue weighted by Gasteiger charge is -2.36. The van der Waals surface area contributed by atoms with Gasteiger partial charge in [-0.15, -0.1) is 0 Å². The maximum absolute atomic E-state index is 14.3. The Kier molecular flexibility index (Phi) is 3.95. The van der Waals surface area contributed by atoms with Gasteiger partial charge in [0.05, 0.1) is 23.1 Å². The number of anilines is 2. The first-order chi connectivity index (χ1) is 15.7. The molecule has 0 bridgehead atoms. The van der Waals surface area contributed by atoms with E-state index in [-0.39, 0.29) is 5.56 Å². The molecule has 3 fully saturated rings. The average molecular weight is 459 g/mol. The molecule has 1 N–H and O–H groups in total. The molecule has 2 aromatic rings. The van der Waals surface area contributed by atoms with Gasteiger partial charge in [0, 0.05) is 17.3 Å². The summed E-state index contributed by atoms with van der Waals surface area (Å²) in [6, 6.07) is 7.65. The van der Waals surface area contributed by atoms with Crippen LogP contribution in [-0.4, -0.2) is 35.2 Å². The molecule has 0 aromatic heterocycles. The van der Waals surface area contributed by atoms with E-state index >= 15 is 0 Å². The fourth-order valence-electron chi connectivity index (χ4n) is 6.32. The zero-order valence-electron chi connectivity index (χ0n) is 17.0. The summed E-state index contributed by atoms with van der Waals surface area (Å²) in [4.78, 5) is 43.1. The zero-order valence-corrected chi connectivity index (χ0v) is 17.0. The van der Waals surface area contributed by atoms with Gasteiger partial charge in [0.1, 0.15) is 11.4 Å². The lowest BCUT2D eigenvalue weighted by molar-refractivity contribution is -0.138. The molecule has 4 aliphatic heterocycles. The van der Waals surface area contributed by atoms with Gasteiger partial charge in [-0.2, -0.15) is 13.2 Å². The summed E-state index contributed by atoms with van der Waals surface area (Å²) < 4.78 is 55.4. The van der Waals surface area contributed by atoms with Gasteiger partial charge in [-0.25, -0.2) is 9.29 Å². The third kappa shape index (κ3) is 2.39. The molecule has 0 radical (unpaired) electrons. The van der Waals surface area contributed by atoms with E-state index in [1.165, 1.54) is 30.3 Å². The van der Waals surface area contributed by atoms with E-state index in [1.807, 2.05) is 0 Å². The largest absolute Gasteiger partial charge is 0.418 e. The Bertz CT molecular complexity index is 1250. The van der Waals surface area contributed by atoms with Crippen molar-refractivity contribution >= 4 is 29.1 Å². The van der Waals surface area contributed by atoms with Crippen molar-refractivity contribution in [2.75, 3.05) is 16.8 Å². The van der Waals surface area contributed by atoms with Crippen LogP contribution in [0.4, 0.5) is 28.9 Å². The van der Waals surface area contributed by atoms with E-state index in [2.05, 4.69) is 5.32 Å². The van der Waals surface area contributed by atoms with Crippen LogP contribution >= 0.6 is 0 Å². The minimum atomic E-state index is -4.79. The summed E-state index contributed by atoms with van der Waals surface area (Å²) in [5.74, 6) is -5.05. The topological polar surface area (TPSA) is 69.7 Å². The highest BCUT2D eigenvalue weighted by Crippen LogP contribution is 2.61. The van der Waals surface area contributed by atoms with Crippen LogP contribution in [0.1, 0.15) is 24.0 Å². The predicted molar refractivity (Wildman–Crippen MR) is 107 cm³/mol. The SMILES string of the molecule is O=C1[C@@H]2[C@@H](C(=O)N1c1ccccc1C(F)(F)F)[C@]1(C(=O)Nc3ccc(F)cc31)N1CCC[C@@H]21.